The summed E-state index contributed by atoms with van der Waals surface area (Å²) in [5.41, 5.74) is 5.32. The number of nitrogens with two attached hydrogens (primary N) is 1. The first kappa shape index (κ1) is 15.9. The lowest BCUT2D eigenvalue weighted by atomic mass is 9.97. The lowest BCUT2D eigenvalue weighted by molar-refractivity contribution is -0.139. The summed E-state index contributed by atoms with van der Waals surface area (Å²) >= 11 is 0. The van der Waals surface area contributed by atoms with Gasteiger partial charge in [-0.15, -0.1) is 0 Å². The van der Waals surface area contributed by atoms with Gasteiger partial charge in [0.05, 0.1) is 12.1 Å². The number of hydrogen-bond acceptors (Lipinski definition) is 4. The van der Waals surface area contributed by atoms with E-state index in [0.717, 1.165) is 19.3 Å². The van der Waals surface area contributed by atoms with Crippen molar-refractivity contribution in [3.8, 4) is 0 Å². The van der Waals surface area contributed by atoms with Crippen molar-refractivity contribution >= 4 is 11.8 Å². The summed E-state index contributed by atoms with van der Waals surface area (Å²) in [6.07, 6.45) is 4.16. The molecule has 3 N–H and O–H groups in total. The summed E-state index contributed by atoms with van der Waals surface area (Å²) in [6.45, 7) is 1.23. The zero-order valence-corrected chi connectivity index (χ0v) is 11.9. The van der Waals surface area contributed by atoms with Crippen LogP contribution in [0.3, 0.4) is 0 Å². The molecule has 0 aromatic rings. The van der Waals surface area contributed by atoms with Crippen molar-refractivity contribution in [3.05, 3.63) is 0 Å². The molecule has 2 amide bonds. The molecule has 0 spiro atoms. The number of hydrogen-bond donors (Lipinski definition) is 2. The number of methoxy groups -OCH3 is 1. The topological polar surface area (TPSA) is 84.7 Å². The quantitative estimate of drug-likeness (QED) is 0.632. The molecule has 0 aromatic carbocycles. The highest BCUT2D eigenvalue weighted by Gasteiger charge is 2.39. The fourth-order valence-electron chi connectivity index (χ4n) is 2.39. The molecule has 1 rings (SSSR count). The first-order valence-electron chi connectivity index (χ1n) is 6.80. The van der Waals surface area contributed by atoms with E-state index in [1.165, 1.54) is 4.90 Å². The van der Waals surface area contributed by atoms with Crippen LogP contribution >= 0.6 is 0 Å². The van der Waals surface area contributed by atoms with E-state index in [2.05, 4.69) is 5.32 Å². The van der Waals surface area contributed by atoms with Gasteiger partial charge < -0.3 is 20.7 Å². The summed E-state index contributed by atoms with van der Waals surface area (Å²) in [7, 11) is 3.25. The average Bonchev–Trinajstić information content (AvgIpc) is 2.82. The van der Waals surface area contributed by atoms with Gasteiger partial charge in [0.15, 0.2) is 0 Å². The second kappa shape index (κ2) is 7.45. The lowest BCUT2D eigenvalue weighted by Gasteiger charge is -2.28. The number of amides is 2. The van der Waals surface area contributed by atoms with Crippen LogP contribution in [-0.2, 0) is 14.3 Å². The molecule has 19 heavy (non-hydrogen) atoms. The smallest absolute Gasteiger partial charge is 0.242 e. The Morgan fingerprint density at radius 1 is 1.37 bits per heavy atom. The predicted octanol–water partition coefficient (Wildman–Crippen LogP) is -0.131. The van der Waals surface area contributed by atoms with Crippen LogP contribution in [0.2, 0.25) is 0 Å². The summed E-state index contributed by atoms with van der Waals surface area (Å²) in [5.74, 6) is -0.286. The summed E-state index contributed by atoms with van der Waals surface area (Å²) in [4.78, 5) is 25.3. The molecule has 0 aromatic heterocycles. The second-order valence-corrected chi connectivity index (χ2v) is 5.22. The van der Waals surface area contributed by atoms with Crippen molar-refractivity contribution in [2.45, 2.75) is 37.6 Å². The standard InChI is InChI=1S/C13H25N3O3/c1-16(10-11(17)15-8-5-9-19-2)12(18)13(14)6-3-4-7-13/h3-10,14H2,1-2H3,(H,15,17). The molecule has 1 saturated carbocycles. The maximum Gasteiger partial charge on any atom is 0.242 e. The molecule has 0 saturated heterocycles. The maximum atomic E-state index is 12.2. The molecule has 0 radical (unpaired) electrons. The molecule has 6 heteroatoms. The fourth-order valence-corrected chi connectivity index (χ4v) is 2.39. The highest BCUT2D eigenvalue weighted by Crippen LogP contribution is 2.28. The van der Waals surface area contributed by atoms with Gasteiger partial charge in [-0.05, 0) is 19.3 Å². The van der Waals surface area contributed by atoms with E-state index < -0.39 is 5.54 Å². The summed E-state index contributed by atoms with van der Waals surface area (Å²) in [6, 6.07) is 0. The zero-order valence-electron chi connectivity index (χ0n) is 11.9. The zero-order chi connectivity index (χ0) is 14.3. The maximum absolute atomic E-state index is 12.2. The average molecular weight is 271 g/mol. The van der Waals surface area contributed by atoms with Crippen LogP contribution in [0.25, 0.3) is 0 Å². The Bertz CT molecular complexity index is 314. The molecule has 0 atom stereocenters. The molecule has 1 aliphatic carbocycles. The van der Waals surface area contributed by atoms with E-state index in [4.69, 9.17) is 10.5 Å². The number of nitrogens with one attached hydrogen (secondary N) is 1. The van der Waals surface area contributed by atoms with E-state index in [0.29, 0.717) is 26.0 Å². The van der Waals surface area contributed by atoms with Crippen LogP contribution < -0.4 is 11.1 Å². The highest BCUT2D eigenvalue weighted by atomic mass is 16.5. The summed E-state index contributed by atoms with van der Waals surface area (Å²) < 4.78 is 4.89. The van der Waals surface area contributed by atoms with Crippen molar-refractivity contribution in [1.29, 1.82) is 0 Å². The van der Waals surface area contributed by atoms with Crippen molar-refractivity contribution < 1.29 is 14.3 Å². The van der Waals surface area contributed by atoms with Gasteiger partial charge in [0, 0.05) is 27.3 Å². The molecule has 1 aliphatic rings. The van der Waals surface area contributed by atoms with E-state index in [1.54, 1.807) is 14.2 Å². The van der Waals surface area contributed by atoms with Gasteiger partial charge in [-0.2, -0.15) is 0 Å². The molecular weight excluding hydrogens is 246 g/mol. The first-order valence-corrected chi connectivity index (χ1v) is 6.80. The van der Waals surface area contributed by atoms with Crippen molar-refractivity contribution in [2.75, 3.05) is 33.9 Å². The molecule has 0 heterocycles. The largest absolute Gasteiger partial charge is 0.385 e. The van der Waals surface area contributed by atoms with E-state index in [9.17, 15) is 9.59 Å². The third kappa shape index (κ3) is 4.80. The molecule has 0 bridgehead atoms. The Hall–Kier alpha value is -1.14. The van der Waals surface area contributed by atoms with Gasteiger partial charge in [0.25, 0.3) is 0 Å². The number of likely N-dealkylation sites (N-methyl/N-ethyl adjacent to an activating group) is 1. The Morgan fingerprint density at radius 2 is 2.00 bits per heavy atom. The van der Waals surface area contributed by atoms with Crippen LogP contribution in [0.15, 0.2) is 0 Å². The number of carbonyl (C=O) groups excluding carboxylic acids is 2. The third-order valence-corrected chi connectivity index (χ3v) is 3.50. The van der Waals surface area contributed by atoms with Crippen molar-refractivity contribution in [2.24, 2.45) is 5.73 Å². The van der Waals surface area contributed by atoms with Gasteiger partial charge >= 0.3 is 0 Å². The van der Waals surface area contributed by atoms with E-state index >= 15 is 0 Å². The van der Waals surface area contributed by atoms with Gasteiger partial charge in [-0.1, -0.05) is 12.8 Å². The molecule has 1 fully saturated rings. The van der Waals surface area contributed by atoms with Gasteiger partial charge in [0.2, 0.25) is 11.8 Å². The van der Waals surface area contributed by atoms with Crippen molar-refractivity contribution in [3.63, 3.8) is 0 Å². The van der Waals surface area contributed by atoms with Crippen LogP contribution in [0.4, 0.5) is 0 Å². The van der Waals surface area contributed by atoms with Gasteiger partial charge in [-0.25, -0.2) is 0 Å². The molecular formula is C13H25N3O3. The number of rotatable bonds is 7. The molecule has 6 nitrogen and oxygen atoms in total. The van der Waals surface area contributed by atoms with Crippen LogP contribution in [0.5, 0.6) is 0 Å². The second-order valence-electron chi connectivity index (χ2n) is 5.22. The minimum Gasteiger partial charge on any atom is -0.385 e. The Morgan fingerprint density at radius 3 is 2.58 bits per heavy atom. The normalized spacial score (nSPS) is 17.2. The Labute approximate surface area is 114 Å². The van der Waals surface area contributed by atoms with Crippen LogP contribution in [-0.4, -0.2) is 56.1 Å². The fraction of sp³-hybridized carbons (Fsp3) is 0.846. The minimum absolute atomic E-state index is 0.0603. The lowest BCUT2D eigenvalue weighted by Crippen LogP contribution is -2.54. The molecule has 0 unspecified atom stereocenters. The summed E-state index contributed by atoms with van der Waals surface area (Å²) in [5, 5.41) is 2.75. The van der Waals surface area contributed by atoms with Crippen LogP contribution in [0, 0.1) is 0 Å². The Balaban J connectivity index is 2.31. The predicted molar refractivity (Wildman–Crippen MR) is 72.5 cm³/mol. The minimum atomic E-state index is -0.759. The number of nitrogens with zero attached hydrogens (tertiary/aromatic N) is 1. The number of carbonyl (C=O) groups is 2. The monoisotopic (exact) mass is 271 g/mol. The molecule has 0 aliphatic heterocycles. The van der Waals surface area contributed by atoms with Crippen molar-refractivity contribution in [1.82, 2.24) is 10.2 Å². The van der Waals surface area contributed by atoms with E-state index in [-0.39, 0.29) is 18.4 Å². The first-order chi connectivity index (χ1) is 8.99. The van der Waals surface area contributed by atoms with E-state index in [1.807, 2.05) is 0 Å². The third-order valence-electron chi connectivity index (χ3n) is 3.50. The number of ether oxygens (including phenoxy) is 1. The van der Waals surface area contributed by atoms with Gasteiger partial charge in [-0.3, -0.25) is 9.59 Å². The van der Waals surface area contributed by atoms with Crippen LogP contribution in [0.1, 0.15) is 32.1 Å². The Kier molecular flexibility index (Phi) is 6.24. The molecule has 110 valence electrons. The SMILES string of the molecule is COCCCNC(=O)CN(C)C(=O)C1(N)CCCC1. The van der Waals surface area contributed by atoms with Gasteiger partial charge in [0.1, 0.15) is 0 Å². The highest BCUT2D eigenvalue weighted by molar-refractivity contribution is 5.90.